The van der Waals surface area contributed by atoms with Crippen molar-refractivity contribution in [2.45, 2.75) is 43.3 Å². The Labute approximate surface area is 172 Å². The van der Waals surface area contributed by atoms with Crippen molar-refractivity contribution >= 4 is 5.91 Å². The van der Waals surface area contributed by atoms with Gasteiger partial charge in [0.25, 0.3) is 5.91 Å². The number of fused-ring (bicyclic) bond motifs is 4. The van der Waals surface area contributed by atoms with E-state index in [0.29, 0.717) is 5.56 Å². The first-order valence-electron chi connectivity index (χ1n) is 10.6. The molecule has 3 aliphatic rings. The van der Waals surface area contributed by atoms with E-state index in [1.807, 2.05) is 54.4 Å². The van der Waals surface area contributed by atoms with Crippen LogP contribution >= 0.6 is 0 Å². The van der Waals surface area contributed by atoms with Gasteiger partial charge in [0.2, 0.25) is 0 Å². The first kappa shape index (κ1) is 18.6. The Balaban J connectivity index is 1.56. The average Bonchev–Trinajstić information content (AvgIpc) is 3.55. The highest BCUT2D eigenvalue weighted by Gasteiger charge is 2.54. The van der Waals surface area contributed by atoms with Gasteiger partial charge in [0.1, 0.15) is 5.75 Å². The smallest absolute Gasteiger partial charge is 0.253 e. The molecular weight excluding hydrogens is 362 g/mol. The van der Waals surface area contributed by atoms with Gasteiger partial charge in [0, 0.05) is 31.7 Å². The molecule has 5 rings (SSSR count). The van der Waals surface area contributed by atoms with E-state index in [1.165, 1.54) is 18.4 Å². The fourth-order valence-corrected chi connectivity index (χ4v) is 5.49. The monoisotopic (exact) mass is 391 g/mol. The van der Waals surface area contributed by atoms with Crippen LogP contribution in [-0.2, 0) is 12.0 Å². The molecule has 2 fully saturated rings. The Hall–Kier alpha value is -2.37. The number of nitrogens with two attached hydrogens (primary N) is 1. The highest BCUT2D eigenvalue weighted by Crippen LogP contribution is 2.46. The van der Waals surface area contributed by atoms with Crippen LogP contribution in [0.4, 0.5) is 0 Å². The largest absolute Gasteiger partial charge is 0.508 e. The van der Waals surface area contributed by atoms with Crippen LogP contribution in [0.25, 0.3) is 0 Å². The van der Waals surface area contributed by atoms with Crippen LogP contribution in [0.5, 0.6) is 5.75 Å². The molecule has 3 N–H and O–H groups in total. The van der Waals surface area contributed by atoms with Crippen molar-refractivity contribution in [3.63, 3.8) is 0 Å². The lowest BCUT2D eigenvalue weighted by molar-refractivity contribution is -0.0115. The second-order valence-electron chi connectivity index (χ2n) is 9.07. The lowest BCUT2D eigenvalue weighted by Crippen LogP contribution is -2.72. The quantitative estimate of drug-likeness (QED) is 0.841. The molecule has 2 bridgehead atoms. The molecular formula is C24H29N3O2. The van der Waals surface area contributed by atoms with E-state index < -0.39 is 5.54 Å². The topological polar surface area (TPSA) is 69.8 Å². The van der Waals surface area contributed by atoms with Crippen LogP contribution < -0.4 is 5.73 Å². The number of phenolic OH excluding ortho intramolecular Hbond substituents is 1. The van der Waals surface area contributed by atoms with Crippen LogP contribution in [0.1, 0.15) is 40.7 Å². The van der Waals surface area contributed by atoms with E-state index >= 15 is 0 Å². The summed E-state index contributed by atoms with van der Waals surface area (Å²) in [6.45, 7) is 2.04. The van der Waals surface area contributed by atoms with Crippen LogP contribution in [0.15, 0.2) is 48.5 Å². The summed E-state index contributed by atoms with van der Waals surface area (Å²) in [6, 6.07) is 15.1. The van der Waals surface area contributed by atoms with Gasteiger partial charge in [-0.1, -0.05) is 24.3 Å². The number of rotatable bonds is 4. The Kier molecular flexibility index (Phi) is 4.41. The molecule has 3 atom stereocenters. The maximum Gasteiger partial charge on any atom is 0.253 e. The zero-order valence-corrected chi connectivity index (χ0v) is 16.9. The number of benzene rings is 2. The lowest BCUT2D eigenvalue weighted by Gasteiger charge is -2.57. The Morgan fingerprint density at radius 2 is 2.00 bits per heavy atom. The third-order valence-electron chi connectivity index (χ3n) is 7.15. The number of amides is 1. The molecule has 5 nitrogen and oxygen atoms in total. The SMILES string of the molecule is CN(C(=O)c1ccccc1)C1C2Cc3ccc(O)cc3C1(N)CCN2CC1CC1. The number of carbonyl (C=O) groups is 1. The lowest BCUT2D eigenvalue weighted by atomic mass is 9.66. The van der Waals surface area contributed by atoms with Crippen molar-refractivity contribution in [1.82, 2.24) is 9.80 Å². The van der Waals surface area contributed by atoms with E-state index in [-0.39, 0.29) is 23.7 Å². The minimum Gasteiger partial charge on any atom is -0.508 e. The highest BCUT2D eigenvalue weighted by atomic mass is 16.3. The van der Waals surface area contributed by atoms with E-state index in [4.69, 9.17) is 5.73 Å². The van der Waals surface area contributed by atoms with Crippen molar-refractivity contribution in [2.24, 2.45) is 11.7 Å². The maximum absolute atomic E-state index is 13.3. The van der Waals surface area contributed by atoms with Crippen molar-refractivity contribution in [3.8, 4) is 5.75 Å². The normalized spacial score (nSPS) is 28.6. The van der Waals surface area contributed by atoms with Gasteiger partial charge >= 0.3 is 0 Å². The summed E-state index contributed by atoms with van der Waals surface area (Å²) >= 11 is 0. The molecule has 1 amide bonds. The number of carbonyl (C=O) groups excluding carboxylic acids is 1. The second-order valence-corrected chi connectivity index (χ2v) is 9.07. The highest BCUT2D eigenvalue weighted by molar-refractivity contribution is 5.94. The summed E-state index contributed by atoms with van der Waals surface area (Å²) in [5, 5.41) is 10.1. The van der Waals surface area contributed by atoms with Gasteiger partial charge in [0.05, 0.1) is 11.6 Å². The molecule has 1 saturated carbocycles. The van der Waals surface area contributed by atoms with E-state index in [2.05, 4.69) is 4.90 Å². The molecule has 2 aromatic rings. The number of phenols is 1. The van der Waals surface area contributed by atoms with Gasteiger partial charge in [-0.2, -0.15) is 0 Å². The molecule has 1 saturated heterocycles. The maximum atomic E-state index is 13.3. The molecule has 3 unspecified atom stereocenters. The molecule has 1 aliphatic heterocycles. The summed E-state index contributed by atoms with van der Waals surface area (Å²) in [5.74, 6) is 1.03. The fourth-order valence-electron chi connectivity index (χ4n) is 5.49. The average molecular weight is 392 g/mol. The summed E-state index contributed by atoms with van der Waals surface area (Å²) in [4.78, 5) is 17.8. The minimum atomic E-state index is -0.657. The second kappa shape index (κ2) is 6.85. The first-order valence-corrected chi connectivity index (χ1v) is 10.6. The number of nitrogens with zero attached hydrogens (tertiary/aromatic N) is 2. The van der Waals surface area contributed by atoms with Gasteiger partial charge in [0.15, 0.2) is 0 Å². The van der Waals surface area contributed by atoms with Gasteiger partial charge in [-0.15, -0.1) is 0 Å². The van der Waals surface area contributed by atoms with Crippen molar-refractivity contribution in [3.05, 3.63) is 65.2 Å². The number of likely N-dealkylation sites (tertiary alicyclic amines) is 1. The molecule has 5 heteroatoms. The third-order valence-corrected chi connectivity index (χ3v) is 7.15. The molecule has 2 aliphatic carbocycles. The predicted octanol–water partition coefficient (Wildman–Crippen LogP) is 2.73. The number of likely N-dealkylation sites (N-methyl/N-ethyl adjacent to an activating group) is 1. The molecule has 0 aromatic heterocycles. The molecule has 0 radical (unpaired) electrons. The molecule has 29 heavy (non-hydrogen) atoms. The minimum absolute atomic E-state index is 0.00676. The Bertz CT molecular complexity index is 927. The summed E-state index contributed by atoms with van der Waals surface area (Å²) in [5.41, 5.74) is 9.35. The van der Waals surface area contributed by atoms with Crippen molar-refractivity contribution < 1.29 is 9.90 Å². The van der Waals surface area contributed by atoms with Crippen LogP contribution in [-0.4, -0.2) is 53.0 Å². The Morgan fingerprint density at radius 3 is 2.72 bits per heavy atom. The van der Waals surface area contributed by atoms with Crippen LogP contribution in [0.3, 0.4) is 0 Å². The van der Waals surface area contributed by atoms with Crippen LogP contribution in [0.2, 0.25) is 0 Å². The Morgan fingerprint density at radius 1 is 1.24 bits per heavy atom. The first-order chi connectivity index (χ1) is 14.0. The molecule has 0 spiro atoms. The third kappa shape index (κ3) is 3.13. The number of aromatic hydroxyl groups is 1. The molecule has 1 heterocycles. The van der Waals surface area contributed by atoms with Crippen molar-refractivity contribution in [2.75, 3.05) is 20.1 Å². The van der Waals surface area contributed by atoms with Crippen molar-refractivity contribution in [1.29, 1.82) is 0 Å². The van der Waals surface area contributed by atoms with E-state index in [9.17, 15) is 9.90 Å². The van der Waals surface area contributed by atoms with Gasteiger partial charge in [-0.05, 0) is 67.0 Å². The molecule has 152 valence electrons. The zero-order valence-electron chi connectivity index (χ0n) is 16.9. The van der Waals surface area contributed by atoms with E-state index in [0.717, 1.165) is 37.4 Å². The standard InChI is InChI=1S/C24H29N3O2/c1-26(23(29)17-5-3-2-4-6-17)22-21-13-18-9-10-19(28)14-20(18)24(22,25)11-12-27(21)15-16-7-8-16/h2-6,9-10,14,16,21-22,28H,7-8,11-13,15,25H2,1H3. The number of hydrogen-bond acceptors (Lipinski definition) is 4. The van der Waals surface area contributed by atoms with Gasteiger partial charge in [-0.25, -0.2) is 0 Å². The number of hydrogen-bond donors (Lipinski definition) is 2. The van der Waals surface area contributed by atoms with Gasteiger partial charge in [-0.3, -0.25) is 9.69 Å². The van der Waals surface area contributed by atoms with E-state index in [1.54, 1.807) is 6.07 Å². The summed E-state index contributed by atoms with van der Waals surface area (Å²) in [7, 11) is 1.89. The zero-order chi connectivity index (χ0) is 20.2. The summed E-state index contributed by atoms with van der Waals surface area (Å²) < 4.78 is 0. The van der Waals surface area contributed by atoms with Gasteiger partial charge < -0.3 is 15.7 Å². The van der Waals surface area contributed by atoms with Crippen LogP contribution in [0, 0.1) is 5.92 Å². The fraction of sp³-hybridized carbons (Fsp3) is 0.458. The summed E-state index contributed by atoms with van der Waals surface area (Å²) in [6.07, 6.45) is 4.26. The molecule has 2 aromatic carbocycles. The number of piperidine rings is 1. The predicted molar refractivity (Wildman–Crippen MR) is 113 cm³/mol.